The molecule has 5 rings (SSSR count). The summed E-state index contributed by atoms with van der Waals surface area (Å²) in [6.45, 7) is 4.73. The van der Waals surface area contributed by atoms with Crippen molar-refractivity contribution in [3.63, 3.8) is 0 Å². The summed E-state index contributed by atoms with van der Waals surface area (Å²) in [5, 5.41) is 10.1. The number of rotatable bonds is 7. The summed E-state index contributed by atoms with van der Waals surface area (Å²) >= 11 is 0. The Hall–Kier alpha value is -0.0800. The molecular formula is C24H39O7PS. The standard InChI is InChI=1S/C24H39O7PS/c1-22-9-8-19-17(18(22)5-4-15(22)12-20-21(14-32)29-20)7-11-24(31-25)13-16(6-10-23(19,24)2)30-33(26,27)28-3/h7,11,15-21,25H,4-6,8-10,12-14,32H2,1-3H3. The SMILES string of the molecule is COS(=O)(=O)OC1CCC2(C)C3CCC4(C)C(CC5OC5CP)CCC4C3C=CC2(OO)C1. The van der Waals surface area contributed by atoms with E-state index in [4.69, 9.17) is 13.8 Å². The quantitative estimate of drug-likeness (QED) is 0.182. The molecule has 1 N–H and O–H groups in total. The average molecular weight is 503 g/mol. The molecule has 0 aromatic heterocycles. The summed E-state index contributed by atoms with van der Waals surface area (Å²) in [5.74, 6) is 2.19. The molecule has 188 valence electrons. The van der Waals surface area contributed by atoms with E-state index in [-0.39, 0.29) is 5.41 Å². The van der Waals surface area contributed by atoms with E-state index in [9.17, 15) is 13.7 Å². The lowest BCUT2D eigenvalue weighted by Gasteiger charge is -2.61. The van der Waals surface area contributed by atoms with Gasteiger partial charge in [-0.05, 0) is 80.2 Å². The monoisotopic (exact) mass is 502 g/mol. The molecule has 11 unspecified atom stereocenters. The Morgan fingerprint density at radius 1 is 1.12 bits per heavy atom. The summed E-state index contributed by atoms with van der Waals surface area (Å²) < 4.78 is 39.4. The summed E-state index contributed by atoms with van der Waals surface area (Å²) in [6.07, 6.45) is 13.2. The van der Waals surface area contributed by atoms with Crippen molar-refractivity contribution in [1.29, 1.82) is 0 Å². The lowest BCUT2D eigenvalue weighted by Crippen LogP contribution is -2.62. The molecule has 9 heteroatoms. The van der Waals surface area contributed by atoms with E-state index in [1.54, 1.807) is 0 Å². The first kappa shape index (κ1) is 24.6. The third kappa shape index (κ3) is 3.87. The largest absolute Gasteiger partial charge is 0.399 e. The van der Waals surface area contributed by atoms with Gasteiger partial charge in [-0.2, -0.15) is 8.42 Å². The van der Waals surface area contributed by atoms with E-state index in [1.807, 2.05) is 6.08 Å². The van der Waals surface area contributed by atoms with Gasteiger partial charge in [0, 0.05) is 11.8 Å². The Morgan fingerprint density at radius 3 is 2.58 bits per heavy atom. The second-order valence-electron chi connectivity index (χ2n) is 11.6. The maximum Gasteiger partial charge on any atom is 0.399 e. The average Bonchev–Trinajstić information content (AvgIpc) is 3.47. The number of allylic oxidation sites excluding steroid dienone is 1. The number of ether oxygens (including phenoxy) is 1. The highest BCUT2D eigenvalue weighted by Crippen LogP contribution is 2.68. The molecule has 0 aromatic carbocycles. The van der Waals surface area contributed by atoms with Crippen molar-refractivity contribution in [2.24, 2.45) is 34.5 Å². The van der Waals surface area contributed by atoms with Crippen LogP contribution in [0.1, 0.15) is 65.2 Å². The van der Waals surface area contributed by atoms with Crippen molar-refractivity contribution >= 4 is 19.6 Å². The number of hydrogen-bond acceptors (Lipinski definition) is 7. The van der Waals surface area contributed by atoms with Crippen molar-refractivity contribution in [2.75, 3.05) is 13.3 Å². The summed E-state index contributed by atoms with van der Waals surface area (Å²) in [5.41, 5.74) is -0.895. The molecule has 1 heterocycles. The van der Waals surface area contributed by atoms with Gasteiger partial charge in [-0.1, -0.05) is 26.0 Å². The molecule has 0 spiro atoms. The van der Waals surface area contributed by atoms with Gasteiger partial charge >= 0.3 is 10.4 Å². The first-order valence-corrected chi connectivity index (χ1v) is 14.6. The zero-order valence-electron chi connectivity index (χ0n) is 19.9. The van der Waals surface area contributed by atoms with Gasteiger partial charge in [-0.3, -0.25) is 9.44 Å². The smallest absolute Gasteiger partial charge is 0.369 e. The molecule has 4 aliphatic carbocycles. The van der Waals surface area contributed by atoms with Gasteiger partial charge in [0.15, 0.2) is 0 Å². The van der Waals surface area contributed by atoms with Gasteiger partial charge in [-0.15, -0.1) is 9.24 Å². The first-order valence-electron chi connectivity index (χ1n) is 12.5. The van der Waals surface area contributed by atoms with Crippen molar-refractivity contribution in [3.05, 3.63) is 12.2 Å². The number of hydrogen-bond donors (Lipinski definition) is 1. The van der Waals surface area contributed by atoms with Crippen LogP contribution in [0.25, 0.3) is 0 Å². The molecule has 0 bridgehead atoms. The molecule has 3 saturated carbocycles. The van der Waals surface area contributed by atoms with Crippen molar-refractivity contribution < 1.29 is 31.7 Å². The van der Waals surface area contributed by atoms with Crippen LogP contribution in [0, 0.1) is 34.5 Å². The molecular weight excluding hydrogens is 463 g/mol. The summed E-state index contributed by atoms with van der Waals surface area (Å²) in [6, 6.07) is 0. The van der Waals surface area contributed by atoms with Crippen molar-refractivity contribution in [2.45, 2.75) is 89.1 Å². The fourth-order valence-corrected chi connectivity index (χ4v) is 9.40. The molecule has 1 saturated heterocycles. The molecule has 0 aromatic rings. The second-order valence-corrected chi connectivity index (χ2v) is 13.4. The maximum absolute atomic E-state index is 11.9. The molecule has 7 nitrogen and oxygen atoms in total. The minimum absolute atomic E-state index is 0.276. The van der Waals surface area contributed by atoms with Crippen LogP contribution < -0.4 is 0 Å². The third-order valence-corrected chi connectivity index (χ3v) is 11.9. The van der Waals surface area contributed by atoms with Gasteiger partial charge in [-0.25, -0.2) is 9.07 Å². The highest BCUT2D eigenvalue weighted by Gasteiger charge is 2.65. The first-order chi connectivity index (χ1) is 15.6. The van der Waals surface area contributed by atoms with Gasteiger partial charge in [0.25, 0.3) is 0 Å². The van der Waals surface area contributed by atoms with Crippen LogP contribution >= 0.6 is 9.24 Å². The fourth-order valence-electron chi connectivity index (χ4n) is 8.41. The van der Waals surface area contributed by atoms with E-state index < -0.39 is 22.1 Å². The Bertz CT molecular complexity index is 895. The molecule has 5 aliphatic rings. The van der Waals surface area contributed by atoms with Crippen LogP contribution in [0.2, 0.25) is 0 Å². The predicted molar refractivity (Wildman–Crippen MR) is 127 cm³/mol. The fraction of sp³-hybridized carbons (Fsp3) is 0.917. The summed E-state index contributed by atoms with van der Waals surface area (Å²) in [7, 11) is -0.144. The topological polar surface area (TPSA) is 94.6 Å². The molecule has 4 fully saturated rings. The Labute approximate surface area is 200 Å². The zero-order valence-corrected chi connectivity index (χ0v) is 21.9. The Morgan fingerprint density at radius 2 is 1.91 bits per heavy atom. The van der Waals surface area contributed by atoms with Crippen LogP contribution in [0.5, 0.6) is 0 Å². The van der Waals surface area contributed by atoms with E-state index in [0.717, 1.165) is 26.1 Å². The van der Waals surface area contributed by atoms with Crippen molar-refractivity contribution in [3.8, 4) is 0 Å². The molecule has 11 atom stereocenters. The van der Waals surface area contributed by atoms with E-state index >= 15 is 0 Å². The van der Waals surface area contributed by atoms with Crippen LogP contribution in [0.3, 0.4) is 0 Å². The van der Waals surface area contributed by atoms with E-state index in [2.05, 4.69) is 33.3 Å². The zero-order chi connectivity index (χ0) is 23.6. The highest BCUT2D eigenvalue weighted by atomic mass is 32.3. The lowest BCUT2D eigenvalue weighted by molar-refractivity contribution is -0.360. The number of fused-ring (bicyclic) bond motifs is 5. The van der Waals surface area contributed by atoms with Gasteiger partial charge in [0.1, 0.15) is 5.60 Å². The number of epoxide rings is 1. The van der Waals surface area contributed by atoms with Gasteiger partial charge < -0.3 is 4.74 Å². The molecule has 0 amide bonds. The molecule has 0 radical (unpaired) electrons. The van der Waals surface area contributed by atoms with Crippen LogP contribution in [0.4, 0.5) is 0 Å². The van der Waals surface area contributed by atoms with Gasteiger partial charge in [0.05, 0.1) is 25.4 Å². The third-order valence-electron chi connectivity index (χ3n) is 10.5. The van der Waals surface area contributed by atoms with Crippen LogP contribution in [0.15, 0.2) is 12.2 Å². The molecule has 1 aliphatic heterocycles. The Kier molecular flexibility index (Phi) is 6.34. The highest BCUT2D eigenvalue weighted by molar-refractivity contribution is 7.81. The lowest BCUT2D eigenvalue weighted by atomic mass is 9.45. The maximum atomic E-state index is 11.9. The van der Waals surface area contributed by atoms with Gasteiger partial charge in [0.2, 0.25) is 0 Å². The second kappa shape index (κ2) is 8.50. The predicted octanol–water partition coefficient (Wildman–Crippen LogP) is 4.34. The molecule has 33 heavy (non-hydrogen) atoms. The van der Waals surface area contributed by atoms with Crippen molar-refractivity contribution in [1.82, 2.24) is 0 Å². The van der Waals surface area contributed by atoms with E-state index in [0.29, 0.717) is 54.1 Å². The van der Waals surface area contributed by atoms with Crippen LogP contribution in [-0.2, 0) is 28.4 Å². The normalized spacial score (nSPS) is 51.0. The van der Waals surface area contributed by atoms with Crippen LogP contribution in [-0.4, -0.2) is 50.9 Å². The van der Waals surface area contributed by atoms with E-state index in [1.165, 1.54) is 25.7 Å². The summed E-state index contributed by atoms with van der Waals surface area (Å²) in [4.78, 5) is 5.23. The Balaban J connectivity index is 1.38. The minimum atomic E-state index is -4.04. The minimum Gasteiger partial charge on any atom is -0.369 e.